The molecule has 1 aliphatic rings. The number of imidazole rings is 1. The van der Waals surface area contributed by atoms with E-state index in [2.05, 4.69) is 15.3 Å². The number of H-pyrrole nitrogens is 1. The van der Waals surface area contributed by atoms with Gasteiger partial charge in [-0.2, -0.15) is 0 Å². The molecule has 102 valence electrons. The fourth-order valence-electron chi connectivity index (χ4n) is 2.25. The number of aromatic nitrogens is 2. The number of carbonyl (C=O) groups is 2. The van der Waals surface area contributed by atoms with Crippen molar-refractivity contribution in [3.05, 3.63) is 30.4 Å². The van der Waals surface area contributed by atoms with Gasteiger partial charge in [0.05, 0.1) is 18.2 Å². The Morgan fingerprint density at radius 3 is 2.74 bits per heavy atom. The highest BCUT2D eigenvalue weighted by molar-refractivity contribution is 5.85. The Kier molecular flexibility index (Phi) is 4.33. The van der Waals surface area contributed by atoms with E-state index < -0.39 is 17.8 Å². The molecule has 2 unspecified atom stereocenters. The van der Waals surface area contributed by atoms with Crippen LogP contribution in [0, 0.1) is 11.8 Å². The van der Waals surface area contributed by atoms with Crippen molar-refractivity contribution >= 4 is 11.9 Å². The van der Waals surface area contributed by atoms with Crippen molar-refractivity contribution < 1.29 is 14.7 Å². The molecule has 0 aromatic carbocycles. The monoisotopic (exact) mass is 263 g/mol. The van der Waals surface area contributed by atoms with E-state index in [9.17, 15) is 9.59 Å². The van der Waals surface area contributed by atoms with E-state index in [1.54, 1.807) is 12.5 Å². The second-order valence-corrected chi connectivity index (χ2v) is 4.61. The van der Waals surface area contributed by atoms with Gasteiger partial charge < -0.3 is 15.4 Å². The van der Waals surface area contributed by atoms with Gasteiger partial charge >= 0.3 is 5.97 Å². The normalized spacial score (nSPS) is 22.1. The molecule has 0 saturated carbocycles. The molecule has 0 bridgehead atoms. The zero-order valence-corrected chi connectivity index (χ0v) is 10.5. The van der Waals surface area contributed by atoms with Crippen LogP contribution in [0.1, 0.15) is 18.5 Å². The standard InChI is InChI=1S/C13H17N3O3/c17-12(15-6-5-9-7-14-8-16-9)10-3-1-2-4-11(10)13(18)19/h1-2,7-8,10-11H,3-6H2,(H,14,16)(H,15,17)(H,18,19). The predicted molar refractivity (Wildman–Crippen MR) is 68.3 cm³/mol. The third-order valence-electron chi connectivity index (χ3n) is 3.33. The number of allylic oxidation sites excluding steroid dienone is 2. The van der Waals surface area contributed by atoms with Gasteiger partial charge in [-0.3, -0.25) is 9.59 Å². The summed E-state index contributed by atoms with van der Waals surface area (Å²) in [6.07, 6.45) is 8.57. The lowest BCUT2D eigenvalue weighted by Crippen LogP contribution is -2.39. The molecule has 0 aliphatic heterocycles. The number of aliphatic carboxylic acids is 1. The molecule has 0 fully saturated rings. The molecule has 2 rings (SSSR count). The van der Waals surface area contributed by atoms with E-state index in [1.807, 2.05) is 12.2 Å². The van der Waals surface area contributed by atoms with Crippen LogP contribution in [0.15, 0.2) is 24.7 Å². The highest BCUT2D eigenvalue weighted by atomic mass is 16.4. The summed E-state index contributed by atoms with van der Waals surface area (Å²) in [5.74, 6) is -2.17. The average molecular weight is 263 g/mol. The Balaban J connectivity index is 1.84. The molecule has 2 atom stereocenters. The molecule has 0 saturated heterocycles. The van der Waals surface area contributed by atoms with Gasteiger partial charge in [0.15, 0.2) is 0 Å². The van der Waals surface area contributed by atoms with Crippen molar-refractivity contribution in [3.8, 4) is 0 Å². The Labute approximate surface area is 110 Å². The van der Waals surface area contributed by atoms with E-state index in [-0.39, 0.29) is 5.91 Å². The zero-order valence-electron chi connectivity index (χ0n) is 10.5. The first-order chi connectivity index (χ1) is 9.18. The van der Waals surface area contributed by atoms with Crippen LogP contribution in [0.2, 0.25) is 0 Å². The van der Waals surface area contributed by atoms with Crippen molar-refractivity contribution in [1.82, 2.24) is 15.3 Å². The molecule has 1 heterocycles. The molecular formula is C13H17N3O3. The Hall–Kier alpha value is -2.11. The minimum atomic E-state index is -0.905. The van der Waals surface area contributed by atoms with Crippen LogP contribution in [0.3, 0.4) is 0 Å². The van der Waals surface area contributed by atoms with E-state index in [0.717, 1.165) is 5.69 Å². The van der Waals surface area contributed by atoms with Crippen LogP contribution in [-0.4, -0.2) is 33.5 Å². The van der Waals surface area contributed by atoms with Crippen molar-refractivity contribution in [1.29, 1.82) is 0 Å². The third-order valence-corrected chi connectivity index (χ3v) is 3.33. The van der Waals surface area contributed by atoms with Crippen molar-refractivity contribution in [2.24, 2.45) is 11.8 Å². The number of carboxylic acid groups (broad SMARTS) is 1. The molecule has 1 aromatic rings. The first kappa shape index (κ1) is 13.3. The van der Waals surface area contributed by atoms with E-state index in [4.69, 9.17) is 5.11 Å². The van der Waals surface area contributed by atoms with Gasteiger partial charge in [0.1, 0.15) is 0 Å². The number of carbonyl (C=O) groups excluding carboxylic acids is 1. The van der Waals surface area contributed by atoms with Gasteiger partial charge in [0.25, 0.3) is 0 Å². The minimum Gasteiger partial charge on any atom is -0.481 e. The van der Waals surface area contributed by atoms with Crippen LogP contribution in [0.4, 0.5) is 0 Å². The molecule has 6 nitrogen and oxygen atoms in total. The molecule has 6 heteroatoms. The molecule has 3 N–H and O–H groups in total. The summed E-state index contributed by atoms with van der Waals surface area (Å²) < 4.78 is 0. The Morgan fingerprint density at radius 1 is 1.37 bits per heavy atom. The summed E-state index contributed by atoms with van der Waals surface area (Å²) in [4.78, 5) is 29.9. The number of hydrogen-bond donors (Lipinski definition) is 3. The Morgan fingerprint density at radius 2 is 2.11 bits per heavy atom. The average Bonchev–Trinajstić information content (AvgIpc) is 2.91. The number of rotatable bonds is 5. The van der Waals surface area contributed by atoms with Crippen molar-refractivity contribution in [3.63, 3.8) is 0 Å². The second-order valence-electron chi connectivity index (χ2n) is 4.61. The van der Waals surface area contributed by atoms with Crippen LogP contribution < -0.4 is 5.32 Å². The van der Waals surface area contributed by atoms with Crippen molar-refractivity contribution in [2.75, 3.05) is 6.54 Å². The number of nitrogens with zero attached hydrogens (tertiary/aromatic N) is 1. The van der Waals surface area contributed by atoms with Gasteiger partial charge in [-0.05, 0) is 12.8 Å². The van der Waals surface area contributed by atoms with E-state index in [1.165, 1.54) is 0 Å². The van der Waals surface area contributed by atoms with Crippen LogP contribution in [-0.2, 0) is 16.0 Å². The lowest BCUT2D eigenvalue weighted by molar-refractivity contribution is -0.147. The van der Waals surface area contributed by atoms with Crippen molar-refractivity contribution in [2.45, 2.75) is 19.3 Å². The quantitative estimate of drug-likeness (QED) is 0.683. The maximum Gasteiger partial charge on any atom is 0.307 e. The SMILES string of the molecule is O=C(O)C1CC=CCC1C(=O)NCCc1cnc[nH]1. The Bertz CT molecular complexity index is 467. The van der Waals surface area contributed by atoms with Gasteiger partial charge in [0, 0.05) is 24.9 Å². The number of aromatic amines is 1. The minimum absolute atomic E-state index is 0.184. The lowest BCUT2D eigenvalue weighted by atomic mass is 9.82. The summed E-state index contributed by atoms with van der Waals surface area (Å²) in [6, 6.07) is 0. The maximum absolute atomic E-state index is 12.0. The molecular weight excluding hydrogens is 246 g/mol. The topological polar surface area (TPSA) is 95.1 Å². The van der Waals surface area contributed by atoms with Crippen LogP contribution >= 0.6 is 0 Å². The number of carboxylic acids is 1. The van der Waals surface area contributed by atoms with Gasteiger partial charge in [0.2, 0.25) is 5.91 Å². The third kappa shape index (κ3) is 3.43. The molecule has 1 aliphatic carbocycles. The highest BCUT2D eigenvalue weighted by Crippen LogP contribution is 2.25. The van der Waals surface area contributed by atoms with Crippen LogP contribution in [0.25, 0.3) is 0 Å². The molecule has 0 spiro atoms. The summed E-state index contributed by atoms with van der Waals surface area (Å²) >= 11 is 0. The molecule has 0 radical (unpaired) electrons. The predicted octanol–water partition coefficient (Wildman–Crippen LogP) is 0.735. The lowest BCUT2D eigenvalue weighted by Gasteiger charge is -2.24. The van der Waals surface area contributed by atoms with Gasteiger partial charge in [-0.25, -0.2) is 4.98 Å². The molecule has 1 amide bonds. The maximum atomic E-state index is 12.0. The van der Waals surface area contributed by atoms with E-state index >= 15 is 0 Å². The van der Waals surface area contributed by atoms with Gasteiger partial charge in [-0.1, -0.05) is 12.2 Å². The number of nitrogens with one attached hydrogen (secondary N) is 2. The first-order valence-corrected chi connectivity index (χ1v) is 6.31. The smallest absolute Gasteiger partial charge is 0.307 e. The fraction of sp³-hybridized carbons (Fsp3) is 0.462. The van der Waals surface area contributed by atoms with Crippen LogP contribution in [0.5, 0.6) is 0 Å². The van der Waals surface area contributed by atoms with Gasteiger partial charge in [-0.15, -0.1) is 0 Å². The zero-order chi connectivity index (χ0) is 13.7. The summed E-state index contributed by atoms with van der Waals surface area (Å²) in [5, 5.41) is 11.9. The largest absolute Gasteiger partial charge is 0.481 e. The summed E-state index contributed by atoms with van der Waals surface area (Å²) in [5.41, 5.74) is 0.943. The first-order valence-electron chi connectivity index (χ1n) is 6.31. The number of amides is 1. The van der Waals surface area contributed by atoms with E-state index in [0.29, 0.717) is 25.8 Å². The number of hydrogen-bond acceptors (Lipinski definition) is 3. The summed E-state index contributed by atoms with van der Waals surface area (Å²) in [6.45, 7) is 0.480. The molecule has 19 heavy (non-hydrogen) atoms. The highest BCUT2D eigenvalue weighted by Gasteiger charge is 2.33. The summed E-state index contributed by atoms with van der Waals surface area (Å²) in [7, 11) is 0. The molecule has 1 aromatic heterocycles. The second kappa shape index (κ2) is 6.17. The fourth-order valence-corrected chi connectivity index (χ4v) is 2.25.